The van der Waals surface area contributed by atoms with Gasteiger partial charge in [-0.25, -0.2) is 9.37 Å². The Morgan fingerprint density at radius 1 is 0.927 bits per heavy atom. The first-order valence-electron chi connectivity index (χ1n) is 14.3. The van der Waals surface area contributed by atoms with E-state index in [1.807, 2.05) is 30.3 Å². The van der Waals surface area contributed by atoms with Gasteiger partial charge in [-0.15, -0.1) is 0 Å². The Morgan fingerprint density at radius 2 is 1.63 bits per heavy atom. The van der Waals surface area contributed by atoms with Gasteiger partial charge in [0, 0.05) is 35.4 Å². The fourth-order valence-electron chi connectivity index (χ4n) is 6.32. The molecule has 2 aliphatic heterocycles. The number of anilines is 3. The summed E-state index contributed by atoms with van der Waals surface area (Å²) in [6, 6.07) is 20.4. The Hall–Kier alpha value is -3.91. The highest BCUT2D eigenvalue weighted by atomic mass is 19.1. The first-order chi connectivity index (χ1) is 19.6. The van der Waals surface area contributed by atoms with Gasteiger partial charge in [-0.3, -0.25) is 4.90 Å². The summed E-state index contributed by atoms with van der Waals surface area (Å²) in [5.74, 6) is 1.56. The van der Waals surface area contributed by atoms with E-state index in [9.17, 15) is 0 Å². The van der Waals surface area contributed by atoms with Crippen LogP contribution in [-0.2, 0) is 6.54 Å². The van der Waals surface area contributed by atoms with Crippen LogP contribution in [0.3, 0.4) is 0 Å². The number of hydrogen-bond donors (Lipinski definition) is 1. The maximum Gasteiger partial charge on any atom is 0.229 e. The van der Waals surface area contributed by atoms with Crippen LogP contribution in [0.15, 0.2) is 66.9 Å². The molecule has 2 aliphatic rings. The third-order valence-electron chi connectivity index (χ3n) is 8.69. The van der Waals surface area contributed by atoms with Crippen molar-refractivity contribution in [2.45, 2.75) is 64.2 Å². The topological polar surface area (TPSA) is 62.8 Å². The Bertz CT molecular complexity index is 1550. The number of nitrogens with one attached hydrogen (secondary N) is 1. The van der Waals surface area contributed by atoms with Crippen LogP contribution in [0.1, 0.15) is 46.1 Å². The number of halogens is 1. The second-order valence-electron chi connectivity index (χ2n) is 12.4. The minimum atomic E-state index is -0.437. The fraction of sp³-hybridized carbons (Fsp3) is 0.394. The molecule has 1 N–H and O–H groups in total. The molecule has 214 valence electrons. The summed E-state index contributed by atoms with van der Waals surface area (Å²) in [6.45, 7) is 10.6. The maximum atomic E-state index is 15.7. The molecule has 3 aromatic carbocycles. The molecule has 3 heterocycles. The van der Waals surface area contributed by atoms with Crippen LogP contribution in [0.5, 0.6) is 11.5 Å². The van der Waals surface area contributed by atoms with E-state index in [0.717, 1.165) is 29.5 Å². The van der Waals surface area contributed by atoms with E-state index in [1.54, 1.807) is 0 Å². The molecule has 1 aromatic heterocycles. The zero-order chi connectivity index (χ0) is 28.8. The van der Waals surface area contributed by atoms with E-state index < -0.39 is 5.82 Å². The molecule has 4 aromatic rings. The molecule has 7 nitrogen and oxygen atoms in total. The number of benzene rings is 3. The molecule has 0 unspecified atom stereocenters. The van der Waals surface area contributed by atoms with Gasteiger partial charge in [0.05, 0.1) is 6.20 Å². The van der Waals surface area contributed by atoms with Crippen molar-refractivity contribution in [1.82, 2.24) is 14.9 Å². The number of nitrogens with zero attached hydrogens (tertiary/aromatic N) is 4. The van der Waals surface area contributed by atoms with Gasteiger partial charge in [-0.05, 0) is 82.1 Å². The van der Waals surface area contributed by atoms with E-state index in [0.29, 0.717) is 43.0 Å². The lowest BCUT2D eigenvalue weighted by Gasteiger charge is -2.55. The fourth-order valence-corrected chi connectivity index (χ4v) is 6.32. The smallest absolute Gasteiger partial charge is 0.229 e. The SMILES string of the molecule is CN1C(C)(C)CC(N(Cc2ccc3ccccc3c2)c2nc(Nc3ccc4c(c3)OCCO4)ncc2F)CC1(C)C. The van der Waals surface area contributed by atoms with Crippen LogP contribution in [0.2, 0.25) is 0 Å². The molecule has 1 fully saturated rings. The van der Waals surface area contributed by atoms with Crippen molar-refractivity contribution in [3.05, 3.63) is 78.2 Å². The lowest BCUT2D eigenvalue weighted by molar-refractivity contribution is -0.0132. The number of aromatic nitrogens is 2. The molecule has 0 atom stereocenters. The molecule has 6 rings (SSSR count). The predicted octanol–water partition coefficient (Wildman–Crippen LogP) is 6.94. The maximum absolute atomic E-state index is 15.7. The second kappa shape index (κ2) is 10.5. The Balaban J connectivity index is 1.37. The molecular weight excluding hydrogens is 517 g/mol. The molecule has 0 bridgehead atoms. The zero-order valence-corrected chi connectivity index (χ0v) is 24.4. The van der Waals surface area contributed by atoms with Gasteiger partial charge in [0.25, 0.3) is 0 Å². The summed E-state index contributed by atoms with van der Waals surface area (Å²) in [7, 11) is 2.19. The van der Waals surface area contributed by atoms with Crippen molar-refractivity contribution in [1.29, 1.82) is 0 Å². The summed E-state index contributed by atoms with van der Waals surface area (Å²) in [5, 5.41) is 5.60. The van der Waals surface area contributed by atoms with E-state index >= 15 is 4.39 Å². The Morgan fingerprint density at radius 3 is 2.39 bits per heavy atom. The highest BCUT2D eigenvalue weighted by molar-refractivity contribution is 5.83. The van der Waals surface area contributed by atoms with Gasteiger partial charge in [0.2, 0.25) is 5.95 Å². The van der Waals surface area contributed by atoms with Crippen molar-refractivity contribution >= 4 is 28.2 Å². The van der Waals surface area contributed by atoms with Crippen molar-refractivity contribution < 1.29 is 13.9 Å². The van der Waals surface area contributed by atoms with Gasteiger partial charge >= 0.3 is 0 Å². The Labute approximate surface area is 241 Å². The van der Waals surface area contributed by atoms with Crippen LogP contribution in [-0.4, -0.2) is 52.2 Å². The third kappa shape index (κ3) is 5.53. The van der Waals surface area contributed by atoms with E-state index in [4.69, 9.17) is 14.5 Å². The number of likely N-dealkylation sites (tertiary alicyclic amines) is 1. The molecule has 0 radical (unpaired) electrons. The number of hydrogen-bond acceptors (Lipinski definition) is 7. The molecule has 0 saturated carbocycles. The molecular formula is C33H38FN5O2. The number of piperidine rings is 1. The molecule has 1 saturated heterocycles. The van der Waals surface area contributed by atoms with Gasteiger partial charge in [-0.2, -0.15) is 4.98 Å². The lowest BCUT2D eigenvalue weighted by Crippen LogP contribution is -2.62. The molecule has 0 amide bonds. The minimum absolute atomic E-state index is 0.0641. The highest BCUT2D eigenvalue weighted by Gasteiger charge is 2.45. The summed E-state index contributed by atoms with van der Waals surface area (Å²) in [4.78, 5) is 13.6. The third-order valence-corrected chi connectivity index (χ3v) is 8.69. The van der Waals surface area contributed by atoms with Crippen molar-refractivity contribution in [3.63, 3.8) is 0 Å². The van der Waals surface area contributed by atoms with Gasteiger partial charge in [0.1, 0.15) is 13.2 Å². The van der Waals surface area contributed by atoms with Crippen LogP contribution in [0.4, 0.5) is 21.8 Å². The van der Waals surface area contributed by atoms with Gasteiger partial charge in [0.15, 0.2) is 23.1 Å². The first kappa shape index (κ1) is 27.3. The van der Waals surface area contributed by atoms with Crippen LogP contribution < -0.4 is 19.7 Å². The second-order valence-corrected chi connectivity index (χ2v) is 12.4. The Kier molecular flexibility index (Phi) is 6.98. The normalized spacial score (nSPS) is 18.3. The predicted molar refractivity (Wildman–Crippen MR) is 162 cm³/mol. The lowest BCUT2D eigenvalue weighted by atomic mass is 9.77. The standard InChI is InChI=1S/C33H38FN5O2/c1-32(2)18-26(19-33(3,4)38(32)5)39(21-22-10-11-23-8-6-7-9-24(23)16-22)30-27(34)20-35-31(37-30)36-25-12-13-28-29(17-25)41-15-14-40-28/h6-13,16-17,20,26H,14-15,18-19,21H2,1-5H3,(H,35,36,37). The highest BCUT2D eigenvalue weighted by Crippen LogP contribution is 2.41. The summed E-state index contributed by atoms with van der Waals surface area (Å²) >= 11 is 0. The minimum Gasteiger partial charge on any atom is -0.486 e. The van der Waals surface area contributed by atoms with Gasteiger partial charge in [-0.1, -0.05) is 36.4 Å². The van der Waals surface area contributed by atoms with Crippen LogP contribution >= 0.6 is 0 Å². The first-order valence-corrected chi connectivity index (χ1v) is 14.3. The number of rotatable bonds is 6. The summed E-state index contributed by atoms with van der Waals surface area (Å²) in [5.41, 5.74) is 1.69. The van der Waals surface area contributed by atoms with E-state index in [2.05, 4.69) is 85.2 Å². The average molecular weight is 556 g/mol. The number of ether oxygens (including phenoxy) is 2. The quantitative estimate of drug-likeness (QED) is 0.276. The van der Waals surface area contributed by atoms with E-state index in [-0.39, 0.29) is 17.1 Å². The summed E-state index contributed by atoms with van der Waals surface area (Å²) < 4.78 is 27.1. The molecule has 0 spiro atoms. The van der Waals surface area contributed by atoms with Crippen molar-refractivity contribution in [2.75, 3.05) is 30.5 Å². The van der Waals surface area contributed by atoms with Crippen molar-refractivity contribution in [2.24, 2.45) is 0 Å². The number of fused-ring (bicyclic) bond motifs is 2. The van der Waals surface area contributed by atoms with Crippen LogP contribution in [0.25, 0.3) is 10.8 Å². The average Bonchev–Trinajstić information content (AvgIpc) is 2.95. The van der Waals surface area contributed by atoms with Crippen LogP contribution in [0, 0.1) is 5.82 Å². The molecule has 8 heteroatoms. The molecule has 41 heavy (non-hydrogen) atoms. The summed E-state index contributed by atoms with van der Waals surface area (Å²) in [6.07, 6.45) is 3.01. The largest absolute Gasteiger partial charge is 0.486 e. The zero-order valence-electron chi connectivity index (χ0n) is 24.4. The van der Waals surface area contributed by atoms with Crippen molar-refractivity contribution in [3.8, 4) is 11.5 Å². The van der Waals surface area contributed by atoms with E-state index in [1.165, 1.54) is 11.6 Å². The molecule has 0 aliphatic carbocycles. The van der Waals surface area contributed by atoms with Gasteiger partial charge < -0.3 is 19.7 Å². The monoisotopic (exact) mass is 555 g/mol.